The number of amides is 2. The van der Waals surface area contributed by atoms with Crippen LogP contribution in [-0.4, -0.2) is 35.3 Å². The van der Waals surface area contributed by atoms with Gasteiger partial charge in [0, 0.05) is 23.6 Å². The van der Waals surface area contributed by atoms with Gasteiger partial charge in [0.1, 0.15) is 0 Å². The number of fused-ring (bicyclic) bond motifs is 1. The second-order valence-corrected chi connectivity index (χ2v) is 5.18. The fourth-order valence-corrected chi connectivity index (χ4v) is 2.96. The van der Waals surface area contributed by atoms with E-state index in [4.69, 9.17) is 11.6 Å². The molecule has 18 heavy (non-hydrogen) atoms. The Bertz CT molecular complexity index is 517. The molecule has 0 radical (unpaired) electrons. The lowest BCUT2D eigenvalue weighted by Gasteiger charge is -2.22. The third-order valence-electron chi connectivity index (χ3n) is 3.62. The van der Waals surface area contributed by atoms with E-state index in [1.54, 1.807) is 29.2 Å². The Hall–Kier alpha value is -1.55. The van der Waals surface area contributed by atoms with Crippen molar-refractivity contribution in [2.24, 2.45) is 0 Å². The zero-order chi connectivity index (χ0) is 12.7. The maximum Gasteiger partial charge on any atom is 0.254 e. The molecular weight excluding hydrogens is 252 g/mol. The predicted molar refractivity (Wildman–Crippen MR) is 67.4 cm³/mol. The van der Waals surface area contributed by atoms with Gasteiger partial charge in [-0.3, -0.25) is 9.59 Å². The number of carbonyl (C=O) groups excluding carboxylic acids is 2. The van der Waals surface area contributed by atoms with Gasteiger partial charge in [0.25, 0.3) is 5.91 Å². The zero-order valence-electron chi connectivity index (χ0n) is 9.73. The van der Waals surface area contributed by atoms with Crippen LogP contribution in [0.5, 0.6) is 0 Å². The van der Waals surface area contributed by atoms with Gasteiger partial charge >= 0.3 is 0 Å². The number of hydrogen-bond donors (Lipinski definition) is 1. The average molecular weight is 265 g/mol. The second-order valence-electron chi connectivity index (χ2n) is 4.74. The summed E-state index contributed by atoms with van der Waals surface area (Å²) in [7, 11) is 0. The third-order valence-corrected chi connectivity index (χ3v) is 3.85. The van der Waals surface area contributed by atoms with E-state index in [9.17, 15) is 9.59 Å². The largest absolute Gasteiger partial charge is 0.351 e. The van der Waals surface area contributed by atoms with Gasteiger partial charge in [-0.15, -0.1) is 0 Å². The first-order valence-electron chi connectivity index (χ1n) is 6.01. The summed E-state index contributed by atoms with van der Waals surface area (Å²) in [5.74, 6) is -0.00454. The van der Waals surface area contributed by atoms with Crippen LogP contribution in [0.25, 0.3) is 0 Å². The summed E-state index contributed by atoms with van der Waals surface area (Å²) in [4.78, 5) is 25.5. The van der Waals surface area contributed by atoms with E-state index in [0.29, 0.717) is 23.6 Å². The lowest BCUT2D eigenvalue weighted by Crippen LogP contribution is -2.38. The fourth-order valence-electron chi connectivity index (χ4n) is 2.77. The molecule has 0 saturated carbocycles. The topological polar surface area (TPSA) is 49.4 Å². The molecular formula is C13H13ClN2O2. The van der Waals surface area contributed by atoms with E-state index in [1.165, 1.54) is 0 Å². The first kappa shape index (κ1) is 11.5. The van der Waals surface area contributed by atoms with Gasteiger partial charge in [0.05, 0.1) is 12.1 Å². The number of carbonyl (C=O) groups is 2. The molecule has 0 aliphatic carbocycles. The number of rotatable bonds is 1. The van der Waals surface area contributed by atoms with E-state index in [1.807, 2.05) is 0 Å². The lowest BCUT2D eigenvalue weighted by atomic mass is 10.1. The summed E-state index contributed by atoms with van der Waals surface area (Å²) in [5.41, 5.74) is 0.586. The van der Waals surface area contributed by atoms with Gasteiger partial charge in [-0.25, -0.2) is 0 Å². The van der Waals surface area contributed by atoms with Crippen molar-refractivity contribution in [1.29, 1.82) is 0 Å². The van der Waals surface area contributed by atoms with E-state index in [-0.39, 0.29) is 23.9 Å². The number of halogens is 1. The first-order chi connectivity index (χ1) is 8.65. The summed E-state index contributed by atoms with van der Waals surface area (Å²) in [5, 5.41) is 3.46. The van der Waals surface area contributed by atoms with E-state index in [0.717, 1.165) is 6.42 Å². The molecule has 2 amide bonds. The minimum atomic E-state index is -0.0403. The molecule has 2 saturated heterocycles. The molecule has 0 bridgehead atoms. The number of nitrogens with zero attached hydrogens (tertiary/aromatic N) is 1. The van der Waals surface area contributed by atoms with Crippen LogP contribution < -0.4 is 5.32 Å². The standard InChI is InChI=1S/C13H13ClN2O2/c14-9-3-1-2-8(6-9)13(18)16-5-4-10-11(16)7-12(17)15-10/h1-3,6,10-11H,4-5,7H2,(H,15,17)/t10-,11-/m1/s1. The van der Waals surface area contributed by atoms with Crippen molar-refractivity contribution in [3.63, 3.8) is 0 Å². The van der Waals surface area contributed by atoms with Crippen molar-refractivity contribution in [2.75, 3.05) is 6.54 Å². The SMILES string of the molecule is O=C1C[C@@H]2[C@@H](CCN2C(=O)c2cccc(Cl)c2)N1. The number of hydrogen-bond acceptors (Lipinski definition) is 2. The van der Waals surface area contributed by atoms with Gasteiger partial charge in [-0.2, -0.15) is 0 Å². The zero-order valence-corrected chi connectivity index (χ0v) is 10.5. The molecule has 2 aliphatic heterocycles. The van der Waals surface area contributed by atoms with Crippen LogP contribution in [0, 0.1) is 0 Å². The highest BCUT2D eigenvalue weighted by Gasteiger charge is 2.43. The highest BCUT2D eigenvalue weighted by Crippen LogP contribution is 2.27. The van der Waals surface area contributed by atoms with Crippen LogP contribution in [0.3, 0.4) is 0 Å². The summed E-state index contributed by atoms with van der Waals surface area (Å²) < 4.78 is 0. The van der Waals surface area contributed by atoms with Crippen LogP contribution in [0.2, 0.25) is 5.02 Å². The van der Waals surface area contributed by atoms with Crippen molar-refractivity contribution in [3.05, 3.63) is 34.9 Å². The molecule has 2 atom stereocenters. The van der Waals surface area contributed by atoms with Crippen molar-refractivity contribution >= 4 is 23.4 Å². The first-order valence-corrected chi connectivity index (χ1v) is 6.39. The minimum Gasteiger partial charge on any atom is -0.351 e. The molecule has 0 unspecified atom stereocenters. The second kappa shape index (κ2) is 4.28. The fraction of sp³-hybridized carbons (Fsp3) is 0.385. The Labute approximate surface area is 110 Å². The molecule has 1 aromatic carbocycles. The molecule has 0 spiro atoms. The molecule has 1 N–H and O–H groups in total. The van der Waals surface area contributed by atoms with E-state index in [2.05, 4.69) is 5.32 Å². The predicted octanol–water partition coefficient (Wildman–Crippen LogP) is 1.44. The molecule has 2 heterocycles. The Morgan fingerprint density at radius 2 is 2.28 bits per heavy atom. The van der Waals surface area contributed by atoms with Crippen molar-refractivity contribution in [2.45, 2.75) is 24.9 Å². The van der Waals surface area contributed by atoms with Crippen LogP contribution in [0.15, 0.2) is 24.3 Å². The van der Waals surface area contributed by atoms with Crippen LogP contribution in [0.1, 0.15) is 23.2 Å². The Morgan fingerprint density at radius 1 is 1.44 bits per heavy atom. The molecule has 4 nitrogen and oxygen atoms in total. The number of benzene rings is 1. The smallest absolute Gasteiger partial charge is 0.254 e. The molecule has 94 valence electrons. The highest BCUT2D eigenvalue weighted by atomic mass is 35.5. The Kier molecular flexibility index (Phi) is 2.74. The number of nitrogens with one attached hydrogen (secondary N) is 1. The maximum absolute atomic E-state index is 12.4. The van der Waals surface area contributed by atoms with E-state index < -0.39 is 0 Å². The summed E-state index contributed by atoms with van der Waals surface area (Å²) in [6.45, 7) is 0.695. The van der Waals surface area contributed by atoms with Gasteiger partial charge in [0.2, 0.25) is 5.91 Å². The molecule has 2 fully saturated rings. The van der Waals surface area contributed by atoms with Gasteiger partial charge < -0.3 is 10.2 Å². The summed E-state index contributed by atoms with van der Waals surface area (Å²) in [6, 6.07) is 7.06. The summed E-state index contributed by atoms with van der Waals surface area (Å²) in [6.07, 6.45) is 1.25. The van der Waals surface area contributed by atoms with Crippen molar-refractivity contribution in [3.8, 4) is 0 Å². The normalized spacial score (nSPS) is 26.1. The maximum atomic E-state index is 12.4. The molecule has 0 aromatic heterocycles. The van der Waals surface area contributed by atoms with E-state index >= 15 is 0 Å². The van der Waals surface area contributed by atoms with Gasteiger partial charge in [-0.1, -0.05) is 17.7 Å². The highest BCUT2D eigenvalue weighted by molar-refractivity contribution is 6.30. The number of likely N-dealkylation sites (tertiary alicyclic amines) is 1. The monoisotopic (exact) mass is 264 g/mol. The summed E-state index contributed by atoms with van der Waals surface area (Å²) >= 11 is 5.89. The molecule has 1 aromatic rings. The van der Waals surface area contributed by atoms with Crippen LogP contribution in [-0.2, 0) is 4.79 Å². The Morgan fingerprint density at radius 3 is 3.06 bits per heavy atom. The van der Waals surface area contributed by atoms with Crippen molar-refractivity contribution < 1.29 is 9.59 Å². The quantitative estimate of drug-likeness (QED) is 0.835. The average Bonchev–Trinajstić information content (AvgIpc) is 2.87. The third kappa shape index (κ3) is 1.86. The lowest BCUT2D eigenvalue weighted by molar-refractivity contribution is -0.119. The molecule has 3 rings (SSSR count). The molecule has 2 aliphatic rings. The Balaban J connectivity index is 1.83. The molecule has 5 heteroatoms. The van der Waals surface area contributed by atoms with Crippen molar-refractivity contribution in [1.82, 2.24) is 10.2 Å². The minimum absolute atomic E-state index is 0.00369. The van der Waals surface area contributed by atoms with Crippen LogP contribution in [0.4, 0.5) is 0 Å². The van der Waals surface area contributed by atoms with Crippen LogP contribution >= 0.6 is 11.6 Å². The van der Waals surface area contributed by atoms with Gasteiger partial charge in [0.15, 0.2) is 0 Å². The van der Waals surface area contributed by atoms with Gasteiger partial charge in [-0.05, 0) is 24.6 Å².